The highest BCUT2D eigenvalue weighted by molar-refractivity contribution is 7.89. The molecule has 0 aliphatic carbocycles. The molecule has 0 aliphatic heterocycles. The molecule has 0 saturated carbocycles. The smallest absolute Gasteiger partial charge is 0.241 e. The Morgan fingerprint density at radius 3 is 2.86 bits per heavy atom. The second-order valence-corrected chi connectivity index (χ2v) is 7.35. The van der Waals surface area contributed by atoms with E-state index in [0.29, 0.717) is 24.4 Å². The molecule has 0 unspecified atom stereocenters. The maximum absolute atomic E-state index is 12.3. The third-order valence-electron chi connectivity index (χ3n) is 2.95. The van der Waals surface area contributed by atoms with Gasteiger partial charge in [0.1, 0.15) is 5.76 Å². The lowest BCUT2D eigenvalue weighted by molar-refractivity contribution is 0.506. The molecule has 0 aliphatic rings. The Kier molecular flexibility index (Phi) is 5.98. The molecule has 0 radical (unpaired) electrons. The minimum Gasteiger partial charge on any atom is -0.469 e. The molecule has 0 saturated heterocycles. The van der Waals surface area contributed by atoms with E-state index in [2.05, 4.69) is 17.0 Å². The van der Waals surface area contributed by atoms with E-state index in [9.17, 15) is 8.42 Å². The van der Waals surface area contributed by atoms with Gasteiger partial charge in [0.15, 0.2) is 0 Å². The molecular formula is C14H20N2O3S2. The molecule has 2 aromatic heterocycles. The predicted molar refractivity (Wildman–Crippen MR) is 83.9 cm³/mol. The lowest BCUT2D eigenvalue weighted by Crippen LogP contribution is -2.27. The number of hydrogen-bond donors (Lipinski definition) is 2. The Bertz CT molecular complexity index is 633. The first-order chi connectivity index (χ1) is 10.1. The number of hydrogen-bond acceptors (Lipinski definition) is 5. The van der Waals surface area contributed by atoms with Crippen molar-refractivity contribution in [1.82, 2.24) is 10.0 Å². The minimum atomic E-state index is -3.46. The van der Waals surface area contributed by atoms with Crippen LogP contribution < -0.4 is 10.0 Å². The average Bonchev–Trinajstić information content (AvgIpc) is 3.10. The highest BCUT2D eigenvalue weighted by Gasteiger charge is 2.19. The van der Waals surface area contributed by atoms with Crippen LogP contribution in [-0.2, 0) is 23.0 Å². The van der Waals surface area contributed by atoms with Gasteiger partial charge in [-0.25, -0.2) is 13.1 Å². The van der Waals surface area contributed by atoms with E-state index in [1.165, 1.54) is 11.3 Å². The van der Waals surface area contributed by atoms with Crippen LogP contribution in [0.2, 0.25) is 0 Å². The SMILES string of the molecule is CCCNCc1sccc1S(=O)(=O)NCCc1ccco1. The third kappa shape index (κ3) is 4.67. The van der Waals surface area contributed by atoms with Gasteiger partial charge in [-0.05, 0) is 36.5 Å². The van der Waals surface area contributed by atoms with Crippen LogP contribution in [0.3, 0.4) is 0 Å². The maximum Gasteiger partial charge on any atom is 0.241 e. The van der Waals surface area contributed by atoms with Crippen LogP contribution >= 0.6 is 11.3 Å². The van der Waals surface area contributed by atoms with Crippen LogP contribution in [0.5, 0.6) is 0 Å². The average molecular weight is 328 g/mol. The monoisotopic (exact) mass is 328 g/mol. The molecule has 116 valence electrons. The van der Waals surface area contributed by atoms with Crippen LogP contribution in [0, 0.1) is 0 Å². The van der Waals surface area contributed by atoms with Gasteiger partial charge in [-0.15, -0.1) is 11.3 Å². The molecule has 0 fully saturated rings. The minimum absolute atomic E-state index is 0.327. The zero-order chi connectivity index (χ0) is 15.1. The molecule has 2 aromatic rings. The van der Waals surface area contributed by atoms with Gasteiger partial charge in [-0.1, -0.05) is 6.92 Å². The Morgan fingerprint density at radius 2 is 2.14 bits per heavy atom. The quantitative estimate of drug-likeness (QED) is 0.693. The third-order valence-corrected chi connectivity index (χ3v) is 5.55. The molecule has 0 aromatic carbocycles. The van der Waals surface area contributed by atoms with E-state index < -0.39 is 10.0 Å². The Labute approximate surface area is 129 Å². The number of thiophene rings is 1. The molecular weight excluding hydrogens is 308 g/mol. The summed E-state index contributed by atoms with van der Waals surface area (Å²) in [5, 5.41) is 5.04. The van der Waals surface area contributed by atoms with Gasteiger partial charge >= 0.3 is 0 Å². The zero-order valence-electron chi connectivity index (χ0n) is 12.0. The van der Waals surface area contributed by atoms with E-state index in [-0.39, 0.29) is 0 Å². The molecule has 0 spiro atoms. The van der Waals surface area contributed by atoms with Crippen molar-refractivity contribution in [2.75, 3.05) is 13.1 Å². The second kappa shape index (κ2) is 7.74. The predicted octanol–water partition coefficient (Wildman–Crippen LogP) is 2.36. The fourth-order valence-corrected chi connectivity index (χ4v) is 4.36. The summed E-state index contributed by atoms with van der Waals surface area (Å²) in [4.78, 5) is 1.21. The first kappa shape index (κ1) is 16.2. The Hall–Kier alpha value is -1.15. The first-order valence-corrected chi connectivity index (χ1v) is 9.29. The van der Waals surface area contributed by atoms with Crippen molar-refractivity contribution < 1.29 is 12.8 Å². The number of furan rings is 1. The van der Waals surface area contributed by atoms with Crippen molar-refractivity contribution in [2.45, 2.75) is 31.2 Å². The topological polar surface area (TPSA) is 71.3 Å². The van der Waals surface area contributed by atoms with Crippen LogP contribution in [0.25, 0.3) is 0 Å². The second-order valence-electron chi connectivity index (χ2n) is 4.61. The molecule has 2 N–H and O–H groups in total. The molecule has 7 heteroatoms. The molecule has 2 heterocycles. The normalized spacial score (nSPS) is 11.9. The number of nitrogens with one attached hydrogen (secondary N) is 2. The van der Waals surface area contributed by atoms with E-state index >= 15 is 0 Å². The van der Waals surface area contributed by atoms with Crippen molar-refractivity contribution in [2.24, 2.45) is 0 Å². The van der Waals surface area contributed by atoms with Gasteiger partial charge in [-0.3, -0.25) is 0 Å². The fraction of sp³-hybridized carbons (Fsp3) is 0.429. The zero-order valence-corrected chi connectivity index (χ0v) is 13.6. The summed E-state index contributed by atoms with van der Waals surface area (Å²) >= 11 is 1.46. The highest BCUT2D eigenvalue weighted by atomic mass is 32.2. The Morgan fingerprint density at radius 1 is 1.29 bits per heavy atom. The van der Waals surface area contributed by atoms with Gasteiger partial charge in [0.25, 0.3) is 0 Å². The summed E-state index contributed by atoms with van der Waals surface area (Å²) in [5.74, 6) is 0.771. The molecule has 5 nitrogen and oxygen atoms in total. The lowest BCUT2D eigenvalue weighted by atomic mass is 10.3. The standard InChI is InChI=1S/C14H20N2O3S2/c1-2-7-15-11-13-14(6-10-20-13)21(17,18)16-8-5-12-4-3-9-19-12/h3-4,6,9-10,15-16H,2,5,7-8,11H2,1H3. The van der Waals surface area contributed by atoms with E-state index in [1.54, 1.807) is 18.4 Å². The maximum atomic E-state index is 12.3. The van der Waals surface area contributed by atoms with Gasteiger partial charge in [0, 0.05) is 24.4 Å². The molecule has 2 rings (SSSR count). The first-order valence-electron chi connectivity index (χ1n) is 6.92. The van der Waals surface area contributed by atoms with E-state index in [0.717, 1.165) is 23.6 Å². The highest BCUT2D eigenvalue weighted by Crippen LogP contribution is 2.21. The van der Waals surface area contributed by atoms with Gasteiger partial charge < -0.3 is 9.73 Å². The summed E-state index contributed by atoms with van der Waals surface area (Å²) in [7, 11) is -3.46. The molecule has 21 heavy (non-hydrogen) atoms. The van der Waals surface area contributed by atoms with Crippen LogP contribution in [0.1, 0.15) is 24.0 Å². The van der Waals surface area contributed by atoms with Gasteiger partial charge in [0.2, 0.25) is 10.0 Å². The van der Waals surface area contributed by atoms with Crippen molar-refractivity contribution >= 4 is 21.4 Å². The molecule has 0 amide bonds. The number of rotatable bonds is 9. The summed E-state index contributed by atoms with van der Waals surface area (Å²) < 4.78 is 32.4. The van der Waals surface area contributed by atoms with Crippen molar-refractivity contribution in [1.29, 1.82) is 0 Å². The van der Waals surface area contributed by atoms with Crippen molar-refractivity contribution in [3.05, 3.63) is 40.5 Å². The van der Waals surface area contributed by atoms with Gasteiger partial charge in [0.05, 0.1) is 11.2 Å². The van der Waals surface area contributed by atoms with Crippen molar-refractivity contribution in [3.63, 3.8) is 0 Å². The van der Waals surface area contributed by atoms with Crippen LogP contribution in [-0.4, -0.2) is 21.5 Å². The van der Waals surface area contributed by atoms with Crippen LogP contribution in [0.4, 0.5) is 0 Å². The summed E-state index contributed by atoms with van der Waals surface area (Å²) in [6.07, 6.45) is 3.15. The molecule has 0 bridgehead atoms. The Balaban J connectivity index is 1.94. The van der Waals surface area contributed by atoms with Crippen molar-refractivity contribution in [3.8, 4) is 0 Å². The molecule has 0 atom stereocenters. The number of sulfonamides is 1. The lowest BCUT2D eigenvalue weighted by Gasteiger charge is -2.08. The summed E-state index contributed by atoms with van der Waals surface area (Å²) in [5.41, 5.74) is 0. The van der Waals surface area contributed by atoms with Gasteiger partial charge in [-0.2, -0.15) is 0 Å². The largest absolute Gasteiger partial charge is 0.469 e. The summed E-state index contributed by atoms with van der Waals surface area (Å²) in [6, 6.07) is 5.28. The summed E-state index contributed by atoms with van der Waals surface area (Å²) in [6.45, 7) is 3.87. The van der Waals surface area contributed by atoms with E-state index in [4.69, 9.17) is 4.42 Å². The van der Waals surface area contributed by atoms with E-state index in [1.807, 2.05) is 11.4 Å². The van der Waals surface area contributed by atoms with Crippen LogP contribution in [0.15, 0.2) is 39.2 Å². The fourth-order valence-electron chi connectivity index (χ4n) is 1.92.